The molecular weight excluding hydrogens is 314 g/mol. The van der Waals surface area contributed by atoms with Gasteiger partial charge in [0.1, 0.15) is 17.7 Å². The van der Waals surface area contributed by atoms with Gasteiger partial charge in [-0.25, -0.2) is 19.6 Å². The minimum absolute atomic E-state index is 0.0744. The third-order valence-corrected chi connectivity index (χ3v) is 2.62. The molecule has 0 saturated carbocycles. The van der Waals surface area contributed by atoms with E-state index in [1.807, 2.05) is 0 Å². The van der Waals surface area contributed by atoms with E-state index in [1.54, 1.807) is 39.8 Å². The Morgan fingerprint density at radius 3 is 2.75 bits per heavy atom. The zero-order valence-corrected chi connectivity index (χ0v) is 14.0. The summed E-state index contributed by atoms with van der Waals surface area (Å²) in [4.78, 5) is 31.5. The zero-order chi connectivity index (χ0) is 17.7. The van der Waals surface area contributed by atoms with Crippen LogP contribution in [0.4, 0.5) is 10.6 Å². The van der Waals surface area contributed by atoms with Gasteiger partial charge >= 0.3 is 12.1 Å². The van der Waals surface area contributed by atoms with Gasteiger partial charge < -0.3 is 13.9 Å². The van der Waals surface area contributed by atoms with Gasteiger partial charge in [-0.3, -0.25) is 5.32 Å². The van der Waals surface area contributed by atoms with Crippen molar-refractivity contribution in [1.82, 2.24) is 9.97 Å². The summed E-state index contributed by atoms with van der Waals surface area (Å²) < 4.78 is 15.3. The molecule has 0 aliphatic rings. The minimum Gasteiger partial charge on any atom is -0.461 e. The minimum atomic E-state index is -0.619. The summed E-state index contributed by atoms with van der Waals surface area (Å²) in [6.07, 6.45) is 2.08. The zero-order valence-electron chi connectivity index (χ0n) is 14.0. The number of esters is 1. The number of pyridine rings is 1. The quantitative estimate of drug-likeness (QED) is 0.856. The van der Waals surface area contributed by atoms with E-state index < -0.39 is 17.7 Å². The molecule has 128 valence electrons. The third-order valence-electron chi connectivity index (χ3n) is 2.62. The van der Waals surface area contributed by atoms with E-state index in [4.69, 9.17) is 13.9 Å². The van der Waals surface area contributed by atoms with Crippen LogP contribution in [-0.2, 0) is 9.47 Å². The van der Waals surface area contributed by atoms with Crippen LogP contribution in [-0.4, -0.2) is 34.2 Å². The van der Waals surface area contributed by atoms with Crippen molar-refractivity contribution in [3.63, 3.8) is 0 Å². The van der Waals surface area contributed by atoms with Crippen molar-refractivity contribution in [2.24, 2.45) is 0 Å². The fraction of sp³-hybridized carbons (Fsp3) is 0.375. The second kappa shape index (κ2) is 7.12. The number of nitrogens with one attached hydrogen (secondary N) is 1. The Hall–Kier alpha value is -2.90. The summed E-state index contributed by atoms with van der Waals surface area (Å²) in [5.74, 6) is -0.0704. The molecule has 1 amide bonds. The first-order valence-electron chi connectivity index (χ1n) is 7.37. The second-order valence-corrected chi connectivity index (χ2v) is 5.82. The fourth-order valence-electron chi connectivity index (χ4n) is 1.75. The van der Waals surface area contributed by atoms with Gasteiger partial charge in [-0.05, 0) is 39.8 Å². The molecular formula is C16H19N3O5. The van der Waals surface area contributed by atoms with Crippen molar-refractivity contribution in [1.29, 1.82) is 0 Å². The van der Waals surface area contributed by atoms with Gasteiger partial charge in [0.05, 0.1) is 6.61 Å². The van der Waals surface area contributed by atoms with Crippen molar-refractivity contribution in [3.05, 3.63) is 30.3 Å². The monoisotopic (exact) mass is 333 g/mol. The number of anilines is 1. The van der Waals surface area contributed by atoms with Crippen molar-refractivity contribution >= 4 is 17.9 Å². The maximum absolute atomic E-state index is 11.8. The third kappa shape index (κ3) is 4.80. The largest absolute Gasteiger partial charge is 0.461 e. The van der Waals surface area contributed by atoms with Crippen LogP contribution in [0.3, 0.4) is 0 Å². The van der Waals surface area contributed by atoms with Crippen LogP contribution in [0.1, 0.15) is 38.2 Å². The Labute approximate surface area is 139 Å². The lowest BCUT2D eigenvalue weighted by molar-refractivity contribution is 0.0518. The van der Waals surface area contributed by atoms with Gasteiger partial charge in [0, 0.05) is 11.8 Å². The Bertz CT molecular complexity index is 733. The average Bonchev–Trinajstić information content (AvgIpc) is 2.95. The average molecular weight is 333 g/mol. The summed E-state index contributed by atoms with van der Waals surface area (Å²) in [5, 5.41) is 2.53. The Morgan fingerprint density at radius 1 is 1.33 bits per heavy atom. The van der Waals surface area contributed by atoms with Gasteiger partial charge in [-0.15, -0.1) is 0 Å². The lowest BCUT2D eigenvalue weighted by Gasteiger charge is -2.19. The number of ether oxygens (including phenoxy) is 2. The first kappa shape index (κ1) is 17.5. The number of rotatable bonds is 4. The van der Waals surface area contributed by atoms with Crippen LogP contribution in [0.15, 0.2) is 29.0 Å². The molecule has 24 heavy (non-hydrogen) atoms. The van der Waals surface area contributed by atoms with E-state index in [0.29, 0.717) is 5.56 Å². The number of oxazole rings is 1. The number of nitrogens with zero attached hydrogens (tertiary/aromatic N) is 2. The fourth-order valence-corrected chi connectivity index (χ4v) is 1.75. The molecule has 0 aliphatic heterocycles. The standard InChI is InChI=1S/C16H19N3O5/c1-5-22-14(20)11-9-23-13(18-11)10-6-7-17-12(8-10)19-15(21)24-16(2,3)4/h6-9H,5H2,1-4H3,(H,17,19,21). The van der Waals surface area contributed by atoms with E-state index in [2.05, 4.69) is 15.3 Å². The van der Waals surface area contributed by atoms with Crippen molar-refractivity contribution in [2.75, 3.05) is 11.9 Å². The van der Waals surface area contributed by atoms with Crippen LogP contribution in [0, 0.1) is 0 Å². The Kier molecular flexibility index (Phi) is 5.18. The molecule has 0 atom stereocenters. The van der Waals surface area contributed by atoms with Gasteiger partial charge in [-0.2, -0.15) is 0 Å². The highest BCUT2D eigenvalue weighted by Gasteiger charge is 2.18. The van der Waals surface area contributed by atoms with Crippen molar-refractivity contribution < 1.29 is 23.5 Å². The first-order valence-corrected chi connectivity index (χ1v) is 7.37. The molecule has 2 heterocycles. The highest BCUT2D eigenvalue weighted by Crippen LogP contribution is 2.21. The van der Waals surface area contributed by atoms with E-state index >= 15 is 0 Å². The van der Waals surface area contributed by atoms with Crippen molar-refractivity contribution in [2.45, 2.75) is 33.3 Å². The molecule has 0 bridgehead atoms. The number of carbonyl (C=O) groups is 2. The maximum Gasteiger partial charge on any atom is 0.413 e. The highest BCUT2D eigenvalue weighted by atomic mass is 16.6. The molecule has 0 saturated heterocycles. The van der Waals surface area contributed by atoms with E-state index in [9.17, 15) is 9.59 Å². The Morgan fingerprint density at radius 2 is 2.08 bits per heavy atom. The van der Waals surface area contributed by atoms with Crippen LogP contribution >= 0.6 is 0 Å². The summed E-state index contributed by atoms with van der Waals surface area (Å²) in [6.45, 7) is 7.25. The predicted octanol–water partition coefficient (Wildman–Crippen LogP) is 3.26. The lowest BCUT2D eigenvalue weighted by atomic mass is 10.2. The van der Waals surface area contributed by atoms with Crippen molar-refractivity contribution in [3.8, 4) is 11.5 Å². The summed E-state index contributed by atoms with van der Waals surface area (Å²) in [6, 6.07) is 3.20. The molecule has 8 nitrogen and oxygen atoms in total. The summed E-state index contributed by atoms with van der Waals surface area (Å²) in [7, 11) is 0. The molecule has 0 unspecified atom stereocenters. The SMILES string of the molecule is CCOC(=O)c1coc(-c2ccnc(NC(=O)OC(C)(C)C)c2)n1. The molecule has 2 aromatic heterocycles. The molecule has 0 fully saturated rings. The van der Waals surface area contributed by atoms with Crippen LogP contribution in [0.2, 0.25) is 0 Å². The number of hydrogen-bond acceptors (Lipinski definition) is 7. The molecule has 0 aliphatic carbocycles. The lowest BCUT2D eigenvalue weighted by Crippen LogP contribution is -2.27. The van der Waals surface area contributed by atoms with E-state index in [1.165, 1.54) is 12.5 Å². The molecule has 2 rings (SSSR count). The van der Waals surface area contributed by atoms with Gasteiger partial charge in [-0.1, -0.05) is 0 Å². The second-order valence-electron chi connectivity index (χ2n) is 5.82. The number of aromatic nitrogens is 2. The molecule has 8 heteroatoms. The highest BCUT2D eigenvalue weighted by molar-refractivity contribution is 5.87. The summed E-state index contributed by atoms with van der Waals surface area (Å²) >= 11 is 0. The first-order chi connectivity index (χ1) is 11.3. The normalized spacial score (nSPS) is 11.0. The smallest absolute Gasteiger partial charge is 0.413 e. The topological polar surface area (TPSA) is 104 Å². The molecule has 2 aromatic rings. The Balaban J connectivity index is 2.13. The molecule has 1 N–H and O–H groups in total. The van der Waals surface area contributed by atoms with Crippen LogP contribution in [0.25, 0.3) is 11.5 Å². The molecule has 0 aromatic carbocycles. The van der Waals surface area contributed by atoms with Crippen LogP contribution in [0.5, 0.6) is 0 Å². The van der Waals surface area contributed by atoms with Gasteiger partial charge in [0.15, 0.2) is 5.69 Å². The number of hydrogen-bond donors (Lipinski definition) is 1. The van der Waals surface area contributed by atoms with E-state index in [-0.39, 0.29) is 24.0 Å². The summed E-state index contributed by atoms with van der Waals surface area (Å²) in [5.41, 5.74) is 0.00985. The molecule has 0 spiro atoms. The van der Waals surface area contributed by atoms with Gasteiger partial charge in [0.2, 0.25) is 5.89 Å². The maximum atomic E-state index is 11.8. The van der Waals surface area contributed by atoms with Gasteiger partial charge in [0.25, 0.3) is 0 Å². The number of carbonyl (C=O) groups excluding carboxylic acids is 2. The van der Waals surface area contributed by atoms with Crippen LogP contribution < -0.4 is 5.32 Å². The molecule has 0 radical (unpaired) electrons. The van der Waals surface area contributed by atoms with E-state index in [0.717, 1.165) is 0 Å². The number of amides is 1. The predicted molar refractivity (Wildman–Crippen MR) is 85.5 cm³/mol.